The van der Waals surface area contributed by atoms with Crippen LogP contribution in [0.25, 0.3) is 0 Å². The summed E-state index contributed by atoms with van der Waals surface area (Å²) in [7, 11) is 1.70. The van der Waals surface area contributed by atoms with E-state index in [0.717, 1.165) is 32.6 Å². The Bertz CT molecular complexity index is 780. The van der Waals surface area contributed by atoms with Crippen molar-refractivity contribution in [3.05, 3.63) is 71.8 Å². The fraction of sp³-hybridized carbons (Fsp3) is 0.440. The molecule has 0 radical (unpaired) electrons. The van der Waals surface area contributed by atoms with Crippen LogP contribution in [0.4, 0.5) is 0 Å². The minimum absolute atomic E-state index is 0.0113. The lowest BCUT2D eigenvalue weighted by Crippen LogP contribution is -2.51. The normalized spacial score (nSPS) is 15.1. The van der Waals surface area contributed by atoms with Crippen molar-refractivity contribution in [2.45, 2.75) is 19.4 Å². The van der Waals surface area contributed by atoms with Crippen molar-refractivity contribution in [1.29, 1.82) is 0 Å². The average Bonchev–Trinajstić information content (AvgIpc) is 2.80. The number of carbonyl (C=O) groups excluding carboxylic acids is 2. The molecule has 6 heteroatoms. The number of nitrogens with zero attached hydrogens (tertiary/aromatic N) is 3. The maximum atomic E-state index is 12.6. The van der Waals surface area contributed by atoms with Crippen molar-refractivity contribution in [3.63, 3.8) is 0 Å². The third-order valence-electron chi connectivity index (χ3n) is 5.74. The lowest BCUT2D eigenvalue weighted by molar-refractivity contribution is -0.136. The molecule has 2 aromatic carbocycles. The summed E-state index contributed by atoms with van der Waals surface area (Å²) >= 11 is 0. The summed E-state index contributed by atoms with van der Waals surface area (Å²) < 4.78 is 0. The second kappa shape index (κ2) is 11.6. The lowest BCUT2D eigenvalue weighted by Gasteiger charge is -2.39. The summed E-state index contributed by atoms with van der Waals surface area (Å²) in [4.78, 5) is 30.6. The Morgan fingerprint density at radius 3 is 2.00 bits per heavy atom. The Hall–Kier alpha value is -2.70. The summed E-state index contributed by atoms with van der Waals surface area (Å²) in [6.45, 7) is 6.57. The van der Waals surface area contributed by atoms with Gasteiger partial charge in [0, 0.05) is 39.8 Å². The summed E-state index contributed by atoms with van der Waals surface area (Å²) in [5.74, 6) is -0.112. The van der Waals surface area contributed by atoms with Crippen LogP contribution in [0.3, 0.4) is 0 Å². The molecular formula is C25H34N4O2. The predicted octanol–water partition coefficient (Wildman–Crippen LogP) is 2.38. The van der Waals surface area contributed by atoms with E-state index < -0.39 is 0 Å². The number of likely N-dealkylation sites (N-methyl/N-ethyl adjacent to an activating group) is 1. The van der Waals surface area contributed by atoms with E-state index in [9.17, 15) is 9.59 Å². The van der Waals surface area contributed by atoms with Crippen molar-refractivity contribution in [1.82, 2.24) is 20.0 Å². The van der Waals surface area contributed by atoms with Gasteiger partial charge in [0.1, 0.15) is 0 Å². The summed E-state index contributed by atoms with van der Waals surface area (Å²) in [6, 6.07) is 21.4. The first-order chi connectivity index (χ1) is 15.1. The summed E-state index contributed by atoms with van der Waals surface area (Å²) in [5.41, 5.74) is 2.58. The smallest absolute Gasteiger partial charge is 0.239 e. The zero-order chi connectivity index (χ0) is 22.1. The maximum absolute atomic E-state index is 12.6. The van der Waals surface area contributed by atoms with E-state index in [1.807, 2.05) is 19.1 Å². The van der Waals surface area contributed by atoms with Gasteiger partial charge >= 0.3 is 0 Å². The third kappa shape index (κ3) is 6.64. The predicted molar refractivity (Wildman–Crippen MR) is 124 cm³/mol. The Labute approximate surface area is 185 Å². The van der Waals surface area contributed by atoms with Gasteiger partial charge in [-0.15, -0.1) is 0 Å². The van der Waals surface area contributed by atoms with E-state index in [0.29, 0.717) is 13.1 Å². The van der Waals surface area contributed by atoms with Gasteiger partial charge in [-0.25, -0.2) is 0 Å². The van der Waals surface area contributed by atoms with Gasteiger partial charge in [-0.3, -0.25) is 19.4 Å². The Morgan fingerprint density at radius 1 is 0.935 bits per heavy atom. The van der Waals surface area contributed by atoms with Crippen LogP contribution in [0.1, 0.15) is 30.5 Å². The molecule has 0 unspecified atom stereocenters. The van der Waals surface area contributed by atoms with Crippen LogP contribution in [0.5, 0.6) is 0 Å². The van der Waals surface area contributed by atoms with Gasteiger partial charge in [0.05, 0.1) is 19.1 Å². The third-order valence-corrected chi connectivity index (χ3v) is 5.74. The fourth-order valence-electron chi connectivity index (χ4n) is 4.00. The Morgan fingerprint density at radius 2 is 1.48 bits per heavy atom. The number of piperazine rings is 1. The van der Waals surface area contributed by atoms with Crippen molar-refractivity contribution in [2.24, 2.45) is 0 Å². The topological polar surface area (TPSA) is 55.9 Å². The van der Waals surface area contributed by atoms with Gasteiger partial charge < -0.3 is 10.2 Å². The Balaban J connectivity index is 1.56. The molecule has 31 heavy (non-hydrogen) atoms. The van der Waals surface area contributed by atoms with Crippen LogP contribution >= 0.6 is 0 Å². The van der Waals surface area contributed by atoms with Gasteiger partial charge in [-0.05, 0) is 17.5 Å². The molecule has 1 aliphatic rings. The molecule has 2 amide bonds. The minimum Gasteiger partial charge on any atom is -0.355 e. The molecule has 0 atom stereocenters. The highest BCUT2D eigenvalue weighted by Crippen LogP contribution is 2.29. The van der Waals surface area contributed by atoms with Gasteiger partial charge in [-0.1, -0.05) is 67.6 Å². The zero-order valence-electron chi connectivity index (χ0n) is 18.7. The molecule has 0 bridgehead atoms. The number of hydrogen-bond donors (Lipinski definition) is 1. The standard InChI is InChI=1S/C25H34N4O2/c1-3-14-26-23(30)19-27(2)24(31)20-28-15-17-29(18-16-28)25(21-10-6-4-7-11-21)22-12-8-5-9-13-22/h4-13,25H,3,14-20H2,1-2H3,(H,26,30). The molecule has 0 spiro atoms. The molecule has 0 aromatic heterocycles. The molecule has 0 aliphatic carbocycles. The van der Waals surface area contributed by atoms with Gasteiger partial charge in [0.25, 0.3) is 0 Å². The highest BCUT2D eigenvalue weighted by Gasteiger charge is 2.27. The van der Waals surface area contributed by atoms with E-state index in [-0.39, 0.29) is 24.4 Å². The second-order valence-corrected chi connectivity index (χ2v) is 8.14. The van der Waals surface area contributed by atoms with Gasteiger partial charge in [0.2, 0.25) is 11.8 Å². The van der Waals surface area contributed by atoms with Crippen LogP contribution in [-0.4, -0.2) is 79.4 Å². The maximum Gasteiger partial charge on any atom is 0.239 e. The molecule has 0 saturated carbocycles. The SMILES string of the molecule is CCCNC(=O)CN(C)C(=O)CN1CCN(C(c2ccccc2)c2ccccc2)CC1. The Kier molecular flexibility index (Phi) is 8.62. The van der Waals surface area contributed by atoms with Gasteiger partial charge in [0.15, 0.2) is 0 Å². The molecular weight excluding hydrogens is 388 g/mol. The molecule has 3 rings (SSSR count). The van der Waals surface area contributed by atoms with E-state index in [4.69, 9.17) is 0 Å². The lowest BCUT2D eigenvalue weighted by atomic mass is 9.96. The number of rotatable bonds is 9. The largest absolute Gasteiger partial charge is 0.355 e. The van der Waals surface area contributed by atoms with Crippen molar-refractivity contribution < 1.29 is 9.59 Å². The number of carbonyl (C=O) groups is 2. The van der Waals surface area contributed by atoms with E-state index >= 15 is 0 Å². The molecule has 1 heterocycles. The first-order valence-electron chi connectivity index (χ1n) is 11.2. The fourth-order valence-corrected chi connectivity index (χ4v) is 4.00. The highest BCUT2D eigenvalue weighted by atomic mass is 16.2. The van der Waals surface area contributed by atoms with Crippen molar-refractivity contribution >= 4 is 11.8 Å². The molecule has 6 nitrogen and oxygen atoms in total. The van der Waals surface area contributed by atoms with Crippen molar-refractivity contribution in [2.75, 3.05) is 52.9 Å². The minimum atomic E-state index is -0.101. The van der Waals surface area contributed by atoms with Crippen molar-refractivity contribution in [3.8, 4) is 0 Å². The second-order valence-electron chi connectivity index (χ2n) is 8.14. The van der Waals surface area contributed by atoms with Crippen LogP contribution in [0.2, 0.25) is 0 Å². The first kappa shape index (κ1) is 23.0. The van der Waals surface area contributed by atoms with Crippen LogP contribution in [0, 0.1) is 0 Å². The van der Waals surface area contributed by atoms with Gasteiger partial charge in [-0.2, -0.15) is 0 Å². The molecule has 2 aromatic rings. The monoisotopic (exact) mass is 422 g/mol. The average molecular weight is 423 g/mol. The summed E-state index contributed by atoms with van der Waals surface area (Å²) in [6.07, 6.45) is 0.890. The first-order valence-corrected chi connectivity index (χ1v) is 11.2. The van der Waals surface area contributed by atoms with Crippen LogP contribution in [-0.2, 0) is 9.59 Å². The molecule has 1 saturated heterocycles. The number of nitrogens with one attached hydrogen (secondary N) is 1. The molecule has 1 fully saturated rings. The quantitative estimate of drug-likeness (QED) is 0.674. The van der Waals surface area contributed by atoms with E-state index in [1.165, 1.54) is 16.0 Å². The van der Waals surface area contributed by atoms with Crippen LogP contribution < -0.4 is 5.32 Å². The highest BCUT2D eigenvalue weighted by molar-refractivity contribution is 5.85. The summed E-state index contributed by atoms with van der Waals surface area (Å²) in [5, 5.41) is 2.82. The number of benzene rings is 2. The van der Waals surface area contributed by atoms with E-state index in [2.05, 4.69) is 63.6 Å². The van der Waals surface area contributed by atoms with E-state index in [1.54, 1.807) is 7.05 Å². The molecule has 166 valence electrons. The number of hydrogen-bond acceptors (Lipinski definition) is 4. The van der Waals surface area contributed by atoms with Crippen LogP contribution in [0.15, 0.2) is 60.7 Å². The number of amides is 2. The zero-order valence-corrected chi connectivity index (χ0v) is 18.7. The molecule has 1 N–H and O–H groups in total. The molecule has 1 aliphatic heterocycles.